The summed E-state index contributed by atoms with van der Waals surface area (Å²) in [4.78, 5) is 24.3. The van der Waals surface area contributed by atoms with Crippen molar-refractivity contribution in [2.24, 2.45) is 14.1 Å². The van der Waals surface area contributed by atoms with Gasteiger partial charge in [0.2, 0.25) is 5.16 Å². The van der Waals surface area contributed by atoms with Gasteiger partial charge in [-0.05, 0) is 46.5 Å². The second kappa shape index (κ2) is 7.43. The Kier molecular flexibility index (Phi) is 5.16. The number of halogens is 3. The van der Waals surface area contributed by atoms with Gasteiger partial charge in [0.15, 0.2) is 0 Å². The van der Waals surface area contributed by atoms with Gasteiger partial charge in [-0.15, -0.1) is 18.3 Å². The second-order valence-corrected chi connectivity index (χ2v) is 6.47. The molecule has 0 amide bonds. The molecule has 0 spiro atoms. The highest BCUT2D eigenvalue weighted by atomic mass is 32.2. The van der Waals surface area contributed by atoms with Crippen LogP contribution in [0, 0.1) is 11.3 Å². The average molecular weight is 425 g/mol. The first kappa shape index (κ1) is 20.1. The molecule has 29 heavy (non-hydrogen) atoms. The van der Waals surface area contributed by atoms with Gasteiger partial charge in [-0.3, -0.25) is 13.9 Å². The van der Waals surface area contributed by atoms with Gasteiger partial charge in [0.1, 0.15) is 22.4 Å². The predicted molar refractivity (Wildman–Crippen MR) is 91.6 cm³/mol. The highest BCUT2D eigenvalue weighted by molar-refractivity contribution is 7.99. The summed E-state index contributed by atoms with van der Waals surface area (Å²) in [5.74, 6) is -0.427. The third-order valence-electron chi connectivity index (χ3n) is 3.67. The SMILES string of the molecule is Cn1c(Sc2nnnn2-c2ccc(OC(F)(F)F)cc2)c(C#N)c(=O)n(C)c1=O. The molecule has 3 rings (SSSR count). The van der Waals surface area contributed by atoms with Gasteiger partial charge in [0.05, 0.1) is 5.69 Å². The molecule has 0 fully saturated rings. The van der Waals surface area contributed by atoms with Gasteiger partial charge in [-0.25, -0.2) is 4.79 Å². The monoisotopic (exact) mass is 425 g/mol. The fourth-order valence-electron chi connectivity index (χ4n) is 2.32. The number of tetrazole rings is 1. The number of rotatable bonds is 4. The maximum absolute atomic E-state index is 12.3. The maximum atomic E-state index is 12.3. The standard InChI is InChI=1S/C15H10F3N7O3S/c1-23-11(26)10(7-19)12(24(2)14(23)27)29-13-20-21-22-25(13)8-3-5-9(6-4-8)28-15(16,17)18/h3-6H,1-2H3. The van der Waals surface area contributed by atoms with Crippen LogP contribution < -0.4 is 16.0 Å². The van der Waals surface area contributed by atoms with Crippen LogP contribution in [0.25, 0.3) is 5.69 Å². The summed E-state index contributed by atoms with van der Waals surface area (Å²) < 4.78 is 43.7. The molecule has 0 aliphatic carbocycles. The molecule has 0 aliphatic heterocycles. The second-order valence-electron chi connectivity index (χ2n) is 5.51. The Balaban J connectivity index is 2.00. The van der Waals surface area contributed by atoms with Crippen molar-refractivity contribution < 1.29 is 17.9 Å². The van der Waals surface area contributed by atoms with Crippen LogP contribution in [0.4, 0.5) is 13.2 Å². The molecule has 2 aromatic heterocycles. The quantitative estimate of drug-likeness (QED) is 0.568. The van der Waals surface area contributed by atoms with Crippen molar-refractivity contribution in [3.8, 4) is 17.5 Å². The topological polar surface area (TPSA) is 121 Å². The molecule has 0 radical (unpaired) electrons. The highest BCUT2D eigenvalue weighted by Gasteiger charge is 2.31. The van der Waals surface area contributed by atoms with Crippen molar-refractivity contribution in [2.75, 3.05) is 0 Å². The summed E-state index contributed by atoms with van der Waals surface area (Å²) in [7, 11) is 2.62. The minimum absolute atomic E-state index is 0.0219. The van der Waals surface area contributed by atoms with Crippen LogP contribution in [-0.4, -0.2) is 35.7 Å². The smallest absolute Gasteiger partial charge is 0.406 e. The molecule has 10 nitrogen and oxygen atoms in total. The molecule has 0 atom stereocenters. The fraction of sp³-hybridized carbons (Fsp3) is 0.200. The fourth-order valence-corrected chi connectivity index (χ4v) is 3.25. The van der Waals surface area contributed by atoms with Crippen LogP contribution in [-0.2, 0) is 14.1 Å². The van der Waals surface area contributed by atoms with E-state index in [1.807, 2.05) is 0 Å². The summed E-state index contributed by atoms with van der Waals surface area (Å²) in [5, 5.41) is 20.5. The molecule has 0 N–H and O–H groups in total. The molecule has 2 heterocycles. The van der Waals surface area contributed by atoms with Crippen LogP contribution in [0.3, 0.4) is 0 Å². The average Bonchev–Trinajstić information content (AvgIpc) is 3.12. The minimum atomic E-state index is -4.82. The molecule has 14 heteroatoms. The number of hydrogen-bond donors (Lipinski definition) is 0. The van der Waals surface area contributed by atoms with E-state index in [1.165, 1.54) is 30.9 Å². The summed E-state index contributed by atoms with van der Waals surface area (Å²) in [5.41, 5.74) is -1.41. The van der Waals surface area contributed by atoms with E-state index in [4.69, 9.17) is 0 Å². The van der Waals surface area contributed by atoms with Crippen LogP contribution >= 0.6 is 11.8 Å². The van der Waals surface area contributed by atoms with E-state index >= 15 is 0 Å². The number of ether oxygens (including phenoxy) is 1. The van der Waals surface area contributed by atoms with Crippen LogP contribution in [0.5, 0.6) is 5.75 Å². The Hall–Kier alpha value is -3.60. The Morgan fingerprint density at radius 3 is 2.38 bits per heavy atom. The van der Waals surface area contributed by atoms with E-state index in [9.17, 15) is 28.0 Å². The molecule has 0 unspecified atom stereocenters. The molecule has 1 aromatic carbocycles. The first-order valence-corrected chi connectivity index (χ1v) is 8.46. The van der Waals surface area contributed by atoms with Crippen molar-refractivity contribution in [1.29, 1.82) is 5.26 Å². The summed E-state index contributed by atoms with van der Waals surface area (Å²) in [6, 6.07) is 6.49. The number of benzene rings is 1. The van der Waals surface area contributed by atoms with Gasteiger partial charge in [-0.2, -0.15) is 9.94 Å². The van der Waals surface area contributed by atoms with Crippen molar-refractivity contribution in [1.82, 2.24) is 29.3 Å². The first-order chi connectivity index (χ1) is 13.6. The lowest BCUT2D eigenvalue weighted by atomic mass is 10.3. The zero-order valence-electron chi connectivity index (χ0n) is 14.7. The van der Waals surface area contributed by atoms with Gasteiger partial charge in [0.25, 0.3) is 5.56 Å². The first-order valence-electron chi connectivity index (χ1n) is 7.65. The Labute approximate surface area is 163 Å². The summed E-state index contributed by atoms with van der Waals surface area (Å²) >= 11 is 0.788. The molecular formula is C15H10F3N7O3S. The number of nitriles is 1. The molecule has 0 saturated heterocycles. The Morgan fingerprint density at radius 2 is 1.79 bits per heavy atom. The van der Waals surface area contributed by atoms with Crippen molar-refractivity contribution in [3.63, 3.8) is 0 Å². The van der Waals surface area contributed by atoms with Crippen molar-refractivity contribution in [3.05, 3.63) is 50.7 Å². The van der Waals surface area contributed by atoms with Crippen LogP contribution in [0.2, 0.25) is 0 Å². The van der Waals surface area contributed by atoms with E-state index in [2.05, 4.69) is 20.3 Å². The number of aromatic nitrogens is 6. The van der Waals surface area contributed by atoms with Crippen LogP contribution in [0.15, 0.2) is 44.0 Å². The highest BCUT2D eigenvalue weighted by Crippen LogP contribution is 2.28. The molecule has 0 saturated carbocycles. The normalized spacial score (nSPS) is 11.3. The van der Waals surface area contributed by atoms with Crippen molar-refractivity contribution in [2.45, 2.75) is 16.5 Å². The maximum Gasteiger partial charge on any atom is 0.573 e. The van der Waals surface area contributed by atoms with Gasteiger partial charge in [-0.1, -0.05) is 0 Å². The molecule has 0 aliphatic rings. The van der Waals surface area contributed by atoms with Crippen molar-refractivity contribution >= 4 is 11.8 Å². The molecule has 3 aromatic rings. The lowest BCUT2D eigenvalue weighted by Crippen LogP contribution is -2.39. The largest absolute Gasteiger partial charge is 0.573 e. The number of alkyl halides is 3. The third kappa shape index (κ3) is 3.99. The predicted octanol–water partition coefficient (Wildman–Crippen LogP) is 0.981. The zero-order valence-corrected chi connectivity index (χ0v) is 15.5. The summed E-state index contributed by atoms with van der Waals surface area (Å²) in [6.07, 6.45) is -4.82. The van der Waals surface area contributed by atoms with E-state index in [0.29, 0.717) is 5.69 Å². The molecule has 0 bridgehead atoms. The molecular weight excluding hydrogens is 415 g/mol. The summed E-state index contributed by atoms with van der Waals surface area (Å²) in [6.45, 7) is 0. The number of hydrogen-bond acceptors (Lipinski definition) is 8. The van der Waals surface area contributed by atoms with E-state index in [0.717, 1.165) is 33.0 Å². The van der Waals surface area contributed by atoms with Crippen LogP contribution in [0.1, 0.15) is 5.56 Å². The molecule has 150 valence electrons. The Bertz CT molecular complexity index is 1220. The number of nitrogens with zero attached hydrogens (tertiary/aromatic N) is 7. The van der Waals surface area contributed by atoms with Gasteiger partial charge in [0, 0.05) is 14.1 Å². The minimum Gasteiger partial charge on any atom is -0.406 e. The lowest BCUT2D eigenvalue weighted by molar-refractivity contribution is -0.274. The van der Waals surface area contributed by atoms with E-state index in [1.54, 1.807) is 6.07 Å². The van der Waals surface area contributed by atoms with E-state index < -0.39 is 23.4 Å². The van der Waals surface area contributed by atoms with Gasteiger partial charge >= 0.3 is 12.1 Å². The Morgan fingerprint density at radius 1 is 1.14 bits per heavy atom. The lowest BCUT2D eigenvalue weighted by Gasteiger charge is -2.11. The van der Waals surface area contributed by atoms with E-state index in [-0.39, 0.29) is 15.7 Å². The zero-order chi connectivity index (χ0) is 21.3. The third-order valence-corrected chi connectivity index (χ3v) is 4.77. The van der Waals surface area contributed by atoms with Gasteiger partial charge < -0.3 is 4.74 Å².